The van der Waals surface area contributed by atoms with Crippen molar-refractivity contribution in [3.05, 3.63) is 23.5 Å². The Morgan fingerprint density at radius 3 is 2.14 bits per heavy atom. The lowest BCUT2D eigenvalue weighted by molar-refractivity contribution is 0.238. The van der Waals surface area contributed by atoms with Gasteiger partial charge < -0.3 is 10.4 Å². The maximum atomic E-state index is 13.6. The number of aliphatic hydroxyl groups is 1. The average Bonchev–Trinajstić information content (AvgIpc) is 2.49. The van der Waals surface area contributed by atoms with Crippen LogP contribution in [0.25, 0.3) is 0 Å². The molecule has 1 aromatic heterocycles. The highest BCUT2D eigenvalue weighted by molar-refractivity contribution is 5.46. The normalized spacial score (nSPS) is 17.8. The van der Waals surface area contributed by atoms with Crippen molar-refractivity contribution in [2.24, 2.45) is 5.92 Å². The van der Waals surface area contributed by atoms with E-state index in [0.717, 1.165) is 32.1 Å². The molecule has 1 atom stereocenters. The lowest BCUT2D eigenvalue weighted by Gasteiger charge is -2.31. The van der Waals surface area contributed by atoms with Crippen molar-refractivity contribution in [1.82, 2.24) is 4.98 Å². The fraction of sp³-hybridized carbons (Fsp3) is 0.643. The van der Waals surface area contributed by atoms with Gasteiger partial charge in [0.05, 0.1) is 0 Å². The molecule has 3 nitrogen and oxygen atoms in total. The molecule has 0 aromatic carbocycles. The molecular formula is C14H18F4N2O. The molecule has 21 heavy (non-hydrogen) atoms. The minimum absolute atomic E-state index is 0.115. The van der Waals surface area contributed by atoms with E-state index in [1.807, 2.05) is 0 Å². The van der Waals surface area contributed by atoms with E-state index >= 15 is 0 Å². The van der Waals surface area contributed by atoms with E-state index in [1.165, 1.54) is 0 Å². The van der Waals surface area contributed by atoms with E-state index in [2.05, 4.69) is 10.3 Å². The zero-order valence-corrected chi connectivity index (χ0v) is 11.5. The Morgan fingerprint density at radius 2 is 1.62 bits per heavy atom. The second kappa shape index (κ2) is 7.06. The smallest absolute Gasteiger partial charge is 0.253 e. The highest BCUT2D eigenvalue weighted by atomic mass is 19.2. The summed E-state index contributed by atoms with van der Waals surface area (Å²) in [6.45, 7) is -0.173. The molecule has 2 rings (SSSR count). The summed E-state index contributed by atoms with van der Waals surface area (Å²) in [5.74, 6) is -6.31. The van der Waals surface area contributed by atoms with Crippen LogP contribution in [-0.4, -0.2) is 22.7 Å². The lowest BCUT2D eigenvalue weighted by atomic mass is 9.82. The largest absolute Gasteiger partial charge is 0.396 e. The highest BCUT2D eigenvalue weighted by Crippen LogP contribution is 2.31. The van der Waals surface area contributed by atoms with Gasteiger partial charge in [-0.3, -0.25) is 0 Å². The molecule has 1 fully saturated rings. The Kier molecular flexibility index (Phi) is 5.39. The second-order valence-corrected chi connectivity index (χ2v) is 5.36. The number of aliphatic hydroxyl groups excluding tert-OH is 1. The number of nitrogens with one attached hydrogen (secondary N) is 1. The summed E-state index contributed by atoms with van der Waals surface area (Å²) in [4.78, 5) is 2.53. The van der Waals surface area contributed by atoms with Crippen LogP contribution in [0.5, 0.6) is 0 Å². The van der Waals surface area contributed by atoms with Crippen molar-refractivity contribution in [2.75, 3.05) is 11.9 Å². The molecule has 1 saturated carbocycles. The van der Waals surface area contributed by atoms with Crippen molar-refractivity contribution < 1.29 is 22.7 Å². The molecule has 0 aliphatic heterocycles. The van der Waals surface area contributed by atoms with Crippen molar-refractivity contribution in [3.8, 4) is 0 Å². The summed E-state index contributed by atoms with van der Waals surface area (Å²) < 4.78 is 53.5. The molecule has 1 aliphatic carbocycles. The summed E-state index contributed by atoms with van der Waals surface area (Å²) >= 11 is 0. The molecular weight excluding hydrogens is 288 g/mol. The van der Waals surface area contributed by atoms with Gasteiger partial charge in [0.15, 0.2) is 0 Å². The van der Waals surface area contributed by atoms with Crippen LogP contribution in [0.15, 0.2) is 0 Å². The minimum atomic E-state index is -1.68. The van der Waals surface area contributed by atoms with Gasteiger partial charge in [-0.1, -0.05) is 19.3 Å². The Labute approximate surface area is 120 Å². The van der Waals surface area contributed by atoms with E-state index in [0.29, 0.717) is 0 Å². The third-order valence-electron chi connectivity index (χ3n) is 3.99. The van der Waals surface area contributed by atoms with Gasteiger partial charge in [-0.15, -0.1) is 0 Å². The SMILES string of the molecule is OCC[C@H](Nc1c(F)c(F)nc(F)c1F)C1CCCCC1. The topological polar surface area (TPSA) is 45.1 Å². The number of pyridine rings is 1. The van der Waals surface area contributed by atoms with Crippen LogP contribution in [0.2, 0.25) is 0 Å². The molecule has 1 aromatic rings. The van der Waals surface area contributed by atoms with E-state index in [9.17, 15) is 17.6 Å². The lowest BCUT2D eigenvalue weighted by Crippen LogP contribution is -2.32. The van der Waals surface area contributed by atoms with Crippen LogP contribution in [0.3, 0.4) is 0 Å². The highest BCUT2D eigenvalue weighted by Gasteiger charge is 2.27. The molecule has 0 unspecified atom stereocenters. The summed E-state index contributed by atoms with van der Waals surface area (Å²) in [6, 6.07) is -0.430. The molecule has 0 bridgehead atoms. The standard InChI is InChI=1S/C14H18F4N2O/c15-10-12(11(16)14(18)20-13(10)17)19-9(6-7-21)8-4-2-1-3-5-8/h8-9,21H,1-7H2,(H,19,20)/t9-/m0/s1. The molecule has 1 heterocycles. The Bertz CT molecular complexity index is 466. The molecule has 0 spiro atoms. The van der Waals surface area contributed by atoms with Gasteiger partial charge >= 0.3 is 0 Å². The van der Waals surface area contributed by atoms with Crippen molar-refractivity contribution in [3.63, 3.8) is 0 Å². The van der Waals surface area contributed by atoms with Gasteiger partial charge in [0.2, 0.25) is 11.6 Å². The van der Waals surface area contributed by atoms with Crippen LogP contribution in [0, 0.1) is 29.4 Å². The van der Waals surface area contributed by atoms with Gasteiger partial charge in [0.25, 0.3) is 11.9 Å². The van der Waals surface area contributed by atoms with E-state index in [1.54, 1.807) is 0 Å². The predicted molar refractivity (Wildman–Crippen MR) is 69.8 cm³/mol. The number of hydrogen-bond donors (Lipinski definition) is 2. The fourth-order valence-electron chi connectivity index (χ4n) is 2.90. The van der Waals surface area contributed by atoms with Crippen molar-refractivity contribution >= 4 is 5.69 Å². The first-order chi connectivity index (χ1) is 10.0. The number of halogens is 4. The molecule has 0 radical (unpaired) electrons. The van der Waals surface area contributed by atoms with Gasteiger partial charge in [0, 0.05) is 12.6 Å². The molecule has 118 valence electrons. The number of nitrogens with zero attached hydrogens (tertiary/aromatic N) is 1. The van der Waals surface area contributed by atoms with Crippen LogP contribution in [-0.2, 0) is 0 Å². The Hall–Kier alpha value is -1.37. The summed E-state index contributed by atoms with van der Waals surface area (Å²) in [5, 5.41) is 11.6. The van der Waals surface area contributed by atoms with E-state index < -0.39 is 35.3 Å². The number of anilines is 1. The number of aromatic nitrogens is 1. The van der Waals surface area contributed by atoms with Gasteiger partial charge in [0.1, 0.15) is 5.69 Å². The zero-order valence-electron chi connectivity index (χ0n) is 11.5. The summed E-state index contributed by atoms with van der Waals surface area (Å²) in [6.07, 6.45) is 5.07. The van der Waals surface area contributed by atoms with Gasteiger partial charge in [-0.25, -0.2) is 0 Å². The molecule has 7 heteroatoms. The number of hydrogen-bond acceptors (Lipinski definition) is 3. The van der Waals surface area contributed by atoms with Crippen LogP contribution in [0.4, 0.5) is 23.2 Å². The molecule has 2 N–H and O–H groups in total. The fourth-order valence-corrected chi connectivity index (χ4v) is 2.90. The molecule has 0 saturated heterocycles. The third kappa shape index (κ3) is 3.64. The quantitative estimate of drug-likeness (QED) is 0.647. The Morgan fingerprint density at radius 1 is 1.05 bits per heavy atom. The summed E-state index contributed by atoms with van der Waals surface area (Å²) in [7, 11) is 0. The van der Waals surface area contributed by atoms with Crippen LogP contribution < -0.4 is 5.32 Å². The first kappa shape index (κ1) is 16.0. The zero-order chi connectivity index (χ0) is 15.4. The van der Waals surface area contributed by atoms with E-state index in [4.69, 9.17) is 5.11 Å². The predicted octanol–water partition coefficient (Wildman–Crippen LogP) is 3.38. The molecule has 1 aliphatic rings. The second-order valence-electron chi connectivity index (χ2n) is 5.36. The van der Waals surface area contributed by atoms with Crippen LogP contribution in [0.1, 0.15) is 38.5 Å². The maximum Gasteiger partial charge on any atom is 0.253 e. The maximum absolute atomic E-state index is 13.6. The van der Waals surface area contributed by atoms with Gasteiger partial charge in [-0.05, 0) is 25.2 Å². The van der Waals surface area contributed by atoms with E-state index in [-0.39, 0.29) is 18.9 Å². The minimum Gasteiger partial charge on any atom is -0.396 e. The third-order valence-corrected chi connectivity index (χ3v) is 3.99. The van der Waals surface area contributed by atoms with Gasteiger partial charge in [-0.2, -0.15) is 22.5 Å². The van der Waals surface area contributed by atoms with Crippen molar-refractivity contribution in [1.29, 1.82) is 0 Å². The molecule has 0 amide bonds. The van der Waals surface area contributed by atoms with Crippen molar-refractivity contribution in [2.45, 2.75) is 44.6 Å². The average molecular weight is 306 g/mol. The first-order valence-electron chi connectivity index (χ1n) is 7.12. The Balaban J connectivity index is 2.24. The van der Waals surface area contributed by atoms with Crippen LogP contribution >= 0.6 is 0 Å². The monoisotopic (exact) mass is 306 g/mol. The first-order valence-corrected chi connectivity index (χ1v) is 7.12. The number of rotatable bonds is 5. The summed E-state index contributed by atoms with van der Waals surface area (Å²) in [5.41, 5.74) is -0.843.